The van der Waals surface area contributed by atoms with E-state index in [-0.39, 0.29) is 0 Å². The van der Waals surface area contributed by atoms with Gasteiger partial charge in [0.05, 0.1) is 6.61 Å². The Bertz CT molecular complexity index is 615. The minimum absolute atomic E-state index is 0.504. The molecule has 6 nitrogen and oxygen atoms in total. The van der Waals surface area contributed by atoms with E-state index in [0.717, 1.165) is 50.7 Å². The molecule has 0 atom stereocenters. The van der Waals surface area contributed by atoms with Crippen molar-refractivity contribution in [2.75, 3.05) is 51.3 Å². The second-order valence-electron chi connectivity index (χ2n) is 5.80. The number of piperazine rings is 1. The third-order valence-electron chi connectivity index (χ3n) is 4.15. The van der Waals surface area contributed by atoms with Crippen molar-refractivity contribution in [3.05, 3.63) is 48.3 Å². The number of anilines is 1. The molecule has 1 aliphatic rings. The van der Waals surface area contributed by atoms with E-state index in [1.807, 2.05) is 30.3 Å². The number of rotatable bonds is 7. The van der Waals surface area contributed by atoms with Gasteiger partial charge in [-0.05, 0) is 23.8 Å². The Morgan fingerprint density at radius 1 is 1.04 bits per heavy atom. The van der Waals surface area contributed by atoms with Crippen LogP contribution in [0.1, 0.15) is 5.56 Å². The Kier molecular flexibility index (Phi) is 5.98. The molecule has 0 aromatic carbocycles. The molecule has 128 valence electrons. The van der Waals surface area contributed by atoms with E-state index < -0.39 is 0 Å². The Morgan fingerprint density at radius 2 is 1.83 bits per heavy atom. The highest BCUT2D eigenvalue weighted by Crippen LogP contribution is 2.18. The molecule has 1 aliphatic heterocycles. The summed E-state index contributed by atoms with van der Waals surface area (Å²) in [5, 5.41) is 0. The third kappa shape index (κ3) is 4.66. The Balaban J connectivity index is 1.54. The van der Waals surface area contributed by atoms with Crippen molar-refractivity contribution in [2.45, 2.75) is 6.61 Å². The summed E-state index contributed by atoms with van der Waals surface area (Å²) in [5.74, 6) is 1.64. The molecule has 0 N–H and O–H groups in total. The van der Waals surface area contributed by atoms with Crippen molar-refractivity contribution >= 4 is 5.82 Å². The van der Waals surface area contributed by atoms with E-state index in [9.17, 15) is 0 Å². The minimum atomic E-state index is 0.504. The van der Waals surface area contributed by atoms with Crippen molar-refractivity contribution < 1.29 is 9.47 Å². The van der Waals surface area contributed by atoms with Gasteiger partial charge in [0.1, 0.15) is 12.4 Å². The zero-order chi connectivity index (χ0) is 16.6. The molecule has 0 radical (unpaired) electrons. The zero-order valence-corrected chi connectivity index (χ0v) is 14.1. The van der Waals surface area contributed by atoms with Gasteiger partial charge in [-0.1, -0.05) is 6.07 Å². The summed E-state index contributed by atoms with van der Waals surface area (Å²) in [6, 6.07) is 9.84. The van der Waals surface area contributed by atoms with Gasteiger partial charge < -0.3 is 14.4 Å². The molecule has 1 saturated heterocycles. The van der Waals surface area contributed by atoms with Gasteiger partial charge in [-0.3, -0.25) is 9.88 Å². The summed E-state index contributed by atoms with van der Waals surface area (Å²) >= 11 is 0. The standard InChI is InChI=1S/C18H24N4O2/c1-23-14-13-21-9-11-22(12-10-21)17-3-2-4-18(20-17)24-15-16-5-7-19-8-6-16/h2-8H,9-15H2,1H3. The van der Waals surface area contributed by atoms with E-state index in [1.165, 1.54) is 0 Å². The summed E-state index contributed by atoms with van der Waals surface area (Å²) in [6.45, 7) is 6.31. The predicted octanol–water partition coefficient (Wildman–Crippen LogP) is 1.82. The van der Waals surface area contributed by atoms with Crippen LogP contribution in [0.2, 0.25) is 0 Å². The van der Waals surface area contributed by atoms with Gasteiger partial charge in [0, 0.05) is 58.3 Å². The molecule has 0 amide bonds. The van der Waals surface area contributed by atoms with Crippen LogP contribution in [0.15, 0.2) is 42.7 Å². The summed E-state index contributed by atoms with van der Waals surface area (Å²) < 4.78 is 11.0. The molecule has 0 saturated carbocycles. The lowest BCUT2D eigenvalue weighted by molar-refractivity contribution is 0.144. The molecule has 2 aromatic heterocycles. The fraction of sp³-hybridized carbons (Fsp3) is 0.444. The molecule has 1 fully saturated rings. The normalized spacial score (nSPS) is 15.5. The van der Waals surface area contributed by atoms with Crippen LogP contribution < -0.4 is 9.64 Å². The lowest BCUT2D eigenvalue weighted by atomic mass is 10.3. The van der Waals surface area contributed by atoms with Crippen molar-refractivity contribution in [1.29, 1.82) is 0 Å². The molecule has 3 heterocycles. The number of aromatic nitrogens is 2. The highest BCUT2D eigenvalue weighted by atomic mass is 16.5. The van der Waals surface area contributed by atoms with Crippen molar-refractivity contribution in [3.63, 3.8) is 0 Å². The number of nitrogens with zero attached hydrogens (tertiary/aromatic N) is 4. The number of hydrogen-bond donors (Lipinski definition) is 0. The first-order valence-electron chi connectivity index (χ1n) is 8.30. The topological polar surface area (TPSA) is 50.7 Å². The average Bonchev–Trinajstić information content (AvgIpc) is 2.66. The van der Waals surface area contributed by atoms with Crippen LogP contribution in [0.3, 0.4) is 0 Å². The number of hydrogen-bond acceptors (Lipinski definition) is 6. The molecule has 0 unspecified atom stereocenters. The summed E-state index contributed by atoms with van der Waals surface area (Å²) in [6.07, 6.45) is 3.54. The first-order chi connectivity index (χ1) is 11.8. The summed E-state index contributed by atoms with van der Waals surface area (Å²) in [4.78, 5) is 13.4. The van der Waals surface area contributed by atoms with Crippen LogP contribution in [-0.4, -0.2) is 61.3 Å². The molecule has 2 aromatic rings. The number of ether oxygens (including phenoxy) is 2. The first kappa shape index (κ1) is 16.7. The average molecular weight is 328 g/mol. The third-order valence-corrected chi connectivity index (χ3v) is 4.15. The van der Waals surface area contributed by atoms with Gasteiger partial charge in [-0.2, -0.15) is 4.98 Å². The van der Waals surface area contributed by atoms with Crippen molar-refractivity contribution in [1.82, 2.24) is 14.9 Å². The fourth-order valence-electron chi connectivity index (χ4n) is 2.72. The highest BCUT2D eigenvalue weighted by Gasteiger charge is 2.17. The maximum Gasteiger partial charge on any atom is 0.215 e. The van der Waals surface area contributed by atoms with E-state index in [4.69, 9.17) is 9.47 Å². The molecular weight excluding hydrogens is 304 g/mol. The Morgan fingerprint density at radius 3 is 2.58 bits per heavy atom. The summed E-state index contributed by atoms with van der Waals surface area (Å²) in [7, 11) is 1.75. The predicted molar refractivity (Wildman–Crippen MR) is 93.3 cm³/mol. The van der Waals surface area contributed by atoms with E-state index in [1.54, 1.807) is 19.5 Å². The largest absolute Gasteiger partial charge is 0.473 e. The van der Waals surface area contributed by atoms with E-state index >= 15 is 0 Å². The summed E-state index contributed by atoms with van der Waals surface area (Å²) in [5.41, 5.74) is 1.09. The van der Waals surface area contributed by atoms with Crippen LogP contribution in [0.4, 0.5) is 5.82 Å². The lowest BCUT2D eigenvalue weighted by Gasteiger charge is -2.35. The zero-order valence-electron chi connectivity index (χ0n) is 14.1. The molecule has 3 rings (SSSR count). The Labute approximate surface area is 143 Å². The van der Waals surface area contributed by atoms with Crippen LogP contribution in [0, 0.1) is 0 Å². The van der Waals surface area contributed by atoms with Gasteiger partial charge in [0.25, 0.3) is 0 Å². The molecular formula is C18H24N4O2. The van der Waals surface area contributed by atoms with Gasteiger partial charge in [0.15, 0.2) is 0 Å². The van der Waals surface area contributed by atoms with Crippen LogP contribution >= 0.6 is 0 Å². The maximum absolute atomic E-state index is 5.81. The molecule has 24 heavy (non-hydrogen) atoms. The minimum Gasteiger partial charge on any atom is -0.473 e. The smallest absolute Gasteiger partial charge is 0.215 e. The second kappa shape index (κ2) is 8.61. The van der Waals surface area contributed by atoms with Gasteiger partial charge in [-0.15, -0.1) is 0 Å². The number of methoxy groups -OCH3 is 1. The molecule has 0 aliphatic carbocycles. The van der Waals surface area contributed by atoms with Crippen LogP contribution in [-0.2, 0) is 11.3 Å². The van der Waals surface area contributed by atoms with Crippen LogP contribution in [0.25, 0.3) is 0 Å². The van der Waals surface area contributed by atoms with Crippen LogP contribution in [0.5, 0.6) is 5.88 Å². The van der Waals surface area contributed by atoms with Gasteiger partial charge in [-0.25, -0.2) is 0 Å². The fourth-order valence-corrected chi connectivity index (χ4v) is 2.72. The quantitative estimate of drug-likeness (QED) is 0.773. The Hall–Kier alpha value is -2.18. The van der Waals surface area contributed by atoms with Crippen molar-refractivity contribution in [2.24, 2.45) is 0 Å². The first-order valence-corrected chi connectivity index (χ1v) is 8.30. The van der Waals surface area contributed by atoms with Gasteiger partial charge in [0.2, 0.25) is 5.88 Å². The maximum atomic E-state index is 5.81. The van der Waals surface area contributed by atoms with E-state index in [2.05, 4.69) is 19.8 Å². The second-order valence-corrected chi connectivity index (χ2v) is 5.80. The molecule has 0 spiro atoms. The lowest BCUT2D eigenvalue weighted by Crippen LogP contribution is -2.47. The van der Waals surface area contributed by atoms with Gasteiger partial charge >= 0.3 is 0 Å². The number of pyridine rings is 2. The van der Waals surface area contributed by atoms with Crippen molar-refractivity contribution in [3.8, 4) is 5.88 Å². The molecule has 6 heteroatoms. The SMILES string of the molecule is COCCN1CCN(c2cccc(OCc3ccncc3)n2)CC1. The monoisotopic (exact) mass is 328 g/mol. The highest BCUT2D eigenvalue weighted by molar-refractivity contribution is 5.41. The molecule has 0 bridgehead atoms. The van der Waals surface area contributed by atoms with E-state index in [0.29, 0.717) is 12.5 Å².